The topological polar surface area (TPSA) is 70.1 Å². The fraction of sp³-hybridized carbons (Fsp3) is 0.417. The van der Waals surface area contributed by atoms with E-state index in [1.54, 1.807) is 24.3 Å². The summed E-state index contributed by atoms with van der Waals surface area (Å²) in [5.74, 6) is -0.609. The van der Waals surface area contributed by atoms with Crippen molar-refractivity contribution in [3.05, 3.63) is 59.7 Å². The second kappa shape index (κ2) is 8.78. The predicted octanol–water partition coefficient (Wildman–Crippen LogP) is 3.80. The monoisotopic (exact) mass is 410 g/mol. The zero-order valence-corrected chi connectivity index (χ0v) is 18.1. The first kappa shape index (κ1) is 21.7. The summed E-state index contributed by atoms with van der Waals surface area (Å²) in [6, 6.07) is 15.1. The zero-order valence-electron chi connectivity index (χ0n) is 18.1. The van der Waals surface area contributed by atoms with Crippen molar-refractivity contribution in [2.75, 3.05) is 31.1 Å². The molecule has 6 heteroatoms. The van der Waals surface area contributed by atoms with E-state index in [9.17, 15) is 9.59 Å². The third kappa shape index (κ3) is 4.93. The standard InChI is InChI=1S/C24H30N2O4/c1-17(23(28)29)30-19-11-9-18(10-12-19)22(27)26-15-13-25(14-16-26)21-8-6-5-7-20(21)24(2,3)4/h5-12,17H,13-16H2,1-4H3,(H,28,29). The van der Waals surface area contributed by atoms with Crippen LogP contribution in [0.4, 0.5) is 5.69 Å². The smallest absolute Gasteiger partial charge is 0.344 e. The van der Waals surface area contributed by atoms with Crippen LogP contribution in [0.2, 0.25) is 0 Å². The summed E-state index contributed by atoms with van der Waals surface area (Å²) < 4.78 is 5.33. The molecule has 0 aromatic heterocycles. The number of carboxylic acid groups (broad SMARTS) is 1. The number of hydrogen-bond acceptors (Lipinski definition) is 4. The molecule has 0 radical (unpaired) electrons. The zero-order chi connectivity index (χ0) is 21.9. The number of nitrogens with zero attached hydrogens (tertiary/aromatic N) is 2. The summed E-state index contributed by atoms with van der Waals surface area (Å²) in [6.45, 7) is 11.0. The molecule has 0 spiro atoms. The molecule has 0 bridgehead atoms. The van der Waals surface area contributed by atoms with E-state index in [0.717, 1.165) is 13.1 Å². The molecule has 1 amide bonds. The molecule has 1 aliphatic heterocycles. The average Bonchev–Trinajstić information content (AvgIpc) is 2.73. The lowest BCUT2D eigenvalue weighted by Crippen LogP contribution is -2.49. The number of benzene rings is 2. The summed E-state index contributed by atoms with van der Waals surface area (Å²) in [7, 11) is 0. The van der Waals surface area contributed by atoms with Crippen LogP contribution in [0.3, 0.4) is 0 Å². The van der Waals surface area contributed by atoms with Crippen molar-refractivity contribution in [2.45, 2.75) is 39.2 Å². The van der Waals surface area contributed by atoms with Crippen LogP contribution in [-0.4, -0.2) is 54.2 Å². The van der Waals surface area contributed by atoms with E-state index in [-0.39, 0.29) is 11.3 Å². The van der Waals surface area contributed by atoms with Crippen LogP contribution in [0, 0.1) is 0 Å². The number of rotatable bonds is 5. The Hall–Kier alpha value is -3.02. The van der Waals surface area contributed by atoms with Gasteiger partial charge in [0.1, 0.15) is 5.75 Å². The summed E-state index contributed by atoms with van der Waals surface area (Å²) in [5.41, 5.74) is 3.20. The molecule has 1 heterocycles. The van der Waals surface area contributed by atoms with Crippen LogP contribution in [0.15, 0.2) is 48.5 Å². The minimum Gasteiger partial charge on any atom is -0.479 e. The van der Waals surface area contributed by atoms with Gasteiger partial charge in [-0.1, -0.05) is 39.0 Å². The molecular formula is C24H30N2O4. The largest absolute Gasteiger partial charge is 0.479 e. The van der Waals surface area contributed by atoms with Gasteiger partial charge in [-0.05, 0) is 48.2 Å². The Bertz CT molecular complexity index is 894. The van der Waals surface area contributed by atoms with E-state index in [2.05, 4.69) is 49.9 Å². The Morgan fingerprint density at radius 1 is 0.967 bits per heavy atom. The number of para-hydroxylation sites is 1. The van der Waals surface area contributed by atoms with E-state index < -0.39 is 12.1 Å². The lowest BCUT2D eigenvalue weighted by molar-refractivity contribution is -0.144. The average molecular weight is 411 g/mol. The number of carboxylic acids is 1. The lowest BCUT2D eigenvalue weighted by Gasteiger charge is -2.38. The number of amides is 1. The van der Waals surface area contributed by atoms with Gasteiger partial charge in [0.05, 0.1) is 0 Å². The molecule has 2 aromatic rings. The van der Waals surface area contributed by atoms with E-state index in [0.29, 0.717) is 24.4 Å². The molecular weight excluding hydrogens is 380 g/mol. The molecule has 0 saturated carbocycles. The van der Waals surface area contributed by atoms with Gasteiger partial charge >= 0.3 is 5.97 Å². The third-order valence-electron chi connectivity index (χ3n) is 5.38. The maximum absolute atomic E-state index is 12.9. The molecule has 0 aliphatic carbocycles. The minimum absolute atomic E-state index is 0.0170. The maximum Gasteiger partial charge on any atom is 0.344 e. The maximum atomic E-state index is 12.9. The van der Waals surface area contributed by atoms with Gasteiger partial charge in [0.15, 0.2) is 6.10 Å². The second-order valence-corrected chi connectivity index (χ2v) is 8.67. The Morgan fingerprint density at radius 2 is 1.57 bits per heavy atom. The number of carbonyl (C=O) groups is 2. The van der Waals surface area contributed by atoms with Crippen LogP contribution in [-0.2, 0) is 10.2 Å². The number of anilines is 1. The Kier molecular flexibility index (Phi) is 6.34. The van der Waals surface area contributed by atoms with Gasteiger partial charge in [-0.3, -0.25) is 4.79 Å². The molecule has 1 unspecified atom stereocenters. The van der Waals surface area contributed by atoms with Gasteiger partial charge in [0.2, 0.25) is 0 Å². The molecule has 30 heavy (non-hydrogen) atoms. The Labute approximate surface area is 178 Å². The molecule has 1 atom stereocenters. The van der Waals surface area contributed by atoms with Crippen molar-refractivity contribution in [1.29, 1.82) is 0 Å². The normalized spacial score (nSPS) is 15.6. The summed E-state index contributed by atoms with van der Waals surface area (Å²) in [6.07, 6.45) is -0.935. The fourth-order valence-corrected chi connectivity index (χ4v) is 3.65. The van der Waals surface area contributed by atoms with Gasteiger partial charge in [0.25, 0.3) is 5.91 Å². The highest BCUT2D eigenvalue weighted by molar-refractivity contribution is 5.94. The molecule has 6 nitrogen and oxygen atoms in total. The number of carbonyl (C=O) groups excluding carboxylic acids is 1. The van der Waals surface area contributed by atoms with Gasteiger partial charge in [0, 0.05) is 37.4 Å². The SMILES string of the molecule is CC(Oc1ccc(C(=O)N2CCN(c3ccccc3C(C)(C)C)CC2)cc1)C(=O)O. The summed E-state index contributed by atoms with van der Waals surface area (Å²) in [5, 5.41) is 8.93. The van der Waals surface area contributed by atoms with Crippen molar-refractivity contribution in [3.63, 3.8) is 0 Å². The second-order valence-electron chi connectivity index (χ2n) is 8.67. The van der Waals surface area contributed by atoms with Crippen molar-refractivity contribution in [3.8, 4) is 5.75 Å². The van der Waals surface area contributed by atoms with Crippen LogP contribution >= 0.6 is 0 Å². The Balaban J connectivity index is 1.63. The highest BCUT2D eigenvalue weighted by Crippen LogP contribution is 2.32. The summed E-state index contributed by atoms with van der Waals surface area (Å²) in [4.78, 5) is 28.0. The van der Waals surface area contributed by atoms with Crippen molar-refractivity contribution < 1.29 is 19.4 Å². The first-order valence-electron chi connectivity index (χ1n) is 10.3. The number of aliphatic carboxylic acids is 1. The number of ether oxygens (including phenoxy) is 1. The molecule has 3 rings (SSSR count). The molecule has 160 valence electrons. The highest BCUT2D eigenvalue weighted by atomic mass is 16.5. The van der Waals surface area contributed by atoms with Gasteiger partial charge in [-0.15, -0.1) is 0 Å². The molecule has 1 saturated heterocycles. The highest BCUT2D eigenvalue weighted by Gasteiger charge is 2.26. The van der Waals surface area contributed by atoms with Crippen molar-refractivity contribution in [1.82, 2.24) is 4.90 Å². The van der Waals surface area contributed by atoms with E-state index >= 15 is 0 Å². The Morgan fingerprint density at radius 3 is 2.13 bits per heavy atom. The molecule has 1 N–H and O–H groups in total. The first-order valence-corrected chi connectivity index (χ1v) is 10.3. The number of hydrogen-bond donors (Lipinski definition) is 1. The van der Waals surface area contributed by atoms with Gasteiger partial charge < -0.3 is 19.6 Å². The van der Waals surface area contributed by atoms with E-state index in [1.165, 1.54) is 18.2 Å². The van der Waals surface area contributed by atoms with Crippen molar-refractivity contribution >= 4 is 17.6 Å². The quantitative estimate of drug-likeness (QED) is 0.812. The lowest BCUT2D eigenvalue weighted by atomic mass is 9.85. The van der Waals surface area contributed by atoms with E-state index in [4.69, 9.17) is 9.84 Å². The van der Waals surface area contributed by atoms with Crippen LogP contribution in [0.1, 0.15) is 43.6 Å². The first-order chi connectivity index (χ1) is 14.2. The summed E-state index contributed by atoms with van der Waals surface area (Å²) >= 11 is 0. The molecule has 1 aliphatic rings. The fourth-order valence-electron chi connectivity index (χ4n) is 3.65. The third-order valence-corrected chi connectivity index (χ3v) is 5.38. The predicted molar refractivity (Wildman–Crippen MR) is 117 cm³/mol. The van der Waals surface area contributed by atoms with Crippen LogP contribution in [0.25, 0.3) is 0 Å². The molecule has 2 aromatic carbocycles. The minimum atomic E-state index is -1.03. The van der Waals surface area contributed by atoms with Gasteiger partial charge in [-0.25, -0.2) is 4.79 Å². The van der Waals surface area contributed by atoms with Crippen LogP contribution < -0.4 is 9.64 Å². The molecule has 1 fully saturated rings. The van der Waals surface area contributed by atoms with E-state index in [1.807, 2.05) is 4.90 Å². The van der Waals surface area contributed by atoms with Crippen molar-refractivity contribution in [2.24, 2.45) is 0 Å². The van der Waals surface area contributed by atoms with Gasteiger partial charge in [-0.2, -0.15) is 0 Å². The number of piperazine rings is 1. The van der Waals surface area contributed by atoms with Crippen LogP contribution in [0.5, 0.6) is 5.75 Å².